The molecule has 2 aromatic rings. The van der Waals surface area contributed by atoms with Gasteiger partial charge in [-0.15, -0.1) is 0 Å². The maximum atomic E-state index is 13.5. The molecule has 0 saturated carbocycles. The van der Waals surface area contributed by atoms with E-state index in [2.05, 4.69) is 15.6 Å². The summed E-state index contributed by atoms with van der Waals surface area (Å²) in [5, 5.41) is 12.9. The van der Waals surface area contributed by atoms with Crippen LogP contribution >= 0.6 is 24.0 Å². The predicted octanol–water partition coefficient (Wildman–Crippen LogP) is 1.55. The van der Waals surface area contributed by atoms with E-state index in [1.807, 2.05) is 0 Å². The maximum Gasteiger partial charge on any atom is 0.322 e. The molecule has 1 aliphatic rings. The van der Waals surface area contributed by atoms with Gasteiger partial charge in [0.15, 0.2) is 11.6 Å². The molecule has 176 valence electrons. The number of aliphatic carboxylic acids is 1. The maximum absolute atomic E-state index is 13.5. The van der Waals surface area contributed by atoms with Crippen LogP contribution in [0.25, 0.3) is 17.3 Å². The third-order valence-electron chi connectivity index (χ3n) is 4.32. The van der Waals surface area contributed by atoms with Crippen LogP contribution in [0.3, 0.4) is 0 Å². The van der Waals surface area contributed by atoms with Gasteiger partial charge in [0.05, 0.1) is 22.8 Å². The number of carbonyl (C=O) groups is 4. The summed E-state index contributed by atoms with van der Waals surface area (Å²) in [6.07, 6.45) is 1.46. The molecule has 0 spiro atoms. The first kappa shape index (κ1) is 24.9. The largest absolute Gasteiger partial charge is 0.480 e. The number of pyridine rings is 1. The first-order valence-electron chi connectivity index (χ1n) is 9.57. The van der Waals surface area contributed by atoms with Crippen LogP contribution in [-0.4, -0.2) is 62.6 Å². The molecular formula is C21H16F2N4O5S2. The fraction of sp³-hybridized carbons (Fsp3) is 0.143. The summed E-state index contributed by atoms with van der Waals surface area (Å²) in [5.74, 6) is -5.12. The van der Waals surface area contributed by atoms with E-state index in [9.17, 15) is 28.0 Å². The number of aromatic nitrogens is 1. The van der Waals surface area contributed by atoms with Crippen molar-refractivity contribution in [1.82, 2.24) is 20.5 Å². The Hall–Kier alpha value is -3.71. The van der Waals surface area contributed by atoms with Crippen LogP contribution in [0.2, 0.25) is 0 Å². The lowest BCUT2D eigenvalue weighted by Crippen LogP contribution is -2.44. The summed E-state index contributed by atoms with van der Waals surface area (Å²) >= 11 is 6.12. The molecule has 1 fully saturated rings. The quantitative estimate of drug-likeness (QED) is 0.363. The second-order valence-electron chi connectivity index (χ2n) is 6.79. The topological polar surface area (TPSA) is 129 Å². The van der Waals surface area contributed by atoms with Gasteiger partial charge in [0.1, 0.15) is 17.4 Å². The Morgan fingerprint density at radius 1 is 1.09 bits per heavy atom. The second kappa shape index (κ2) is 10.9. The molecule has 0 bridgehead atoms. The first-order valence-corrected chi connectivity index (χ1v) is 10.8. The number of nitrogens with one attached hydrogen (secondary N) is 2. The molecule has 9 nitrogen and oxygen atoms in total. The molecule has 13 heteroatoms. The molecule has 34 heavy (non-hydrogen) atoms. The van der Waals surface area contributed by atoms with Crippen LogP contribution in [-0.2, 0) is 19.2 Å². The van der Waals surface area contributed by atoms with Crippen LogP contribution in [0.5, 0.6) is 0 Å². The molecule has 1 aromatic heterocycles. The van der Waals surface area contributed by atoms with Crippen molar-refractivity contribution in [3.05, 3.63) is 58.6 Å². The van der Waals surface area contributed by atoms with E-state index in [-0.39, 0.29) is 9.23 Å². The highest BCUT2D eigenvalue weighted by molar-refractivity contribution is 8.26. The SMILES string of the molecule is O=C(O)CNC(=O)CNC(=O)CN1C(=O)/C(=C/c2cccc(-c3ccc(F)c(F)c3)n2)SC1=S. The van der Waals surface area contributed by atoms with E-state index in [0.29, 0.717) is 17.0 Å². The third-order valence-corrected chi connectivity index (χ3v) is 5.70. The van der Waals surface area contributed by atoms with E-state index >= 15 is 0 Å². The summed E-state index contributed by atoms with van der Waals surface area (Å²) in [6.45, 7) is -1.48. The fourth-order valence-corrected chi connectivity index (χ4v) is 3.97. The average molecular weight is 507 g/mol. The van der Waals surface area contributed by atoms with Crippen molar-refractivity contribution in [2.45, 2.75) is 0 Å². The molecule has 2 heterocycles. The molecule has 0 atom stereocenters. The summed E-state index contributed by atoms with van der Waals surface area (Å²) in [7, 11) is 0. The highest BCUT2D eigenvalue weighted by Crippen LogP contribution is 2.32. The van der Waals surface area contributed by atoms with Gasteiger partial charge in [-0.05, 0) is 36.4 Å². The van der Waals surface area contributed by atoms with E-state index in [0.717, 1.165) is 28.8 Å². The number of carbonyl (C=O) groups excluding carboxylic acids is 3. The van der Waals surface area contributed by atoms with Gasteiger partial charge >= 0.3 is 5.97 Å². The monoisotopic (exact) mass is 506 g/mol. The average Bonchev–Trinajstić information content (AvgIpc) is 3.05. The van der Waals surface area contributed by atoms with Crippen LogP contribution in [0.1, 0.15) is 5.69 Å². The molecule has 0 unspecified atom stereocenters. The van der Waals surface area contributed by atoms with Crippen molar-refractivity contribution < 1.29 is 33.1 Å². The van der Waals surface area contributed by atoms with Gasteiger partial charge < -0.3 is 15.7 Å². The Labute approximate surface area is 201 Å². The third kappa shape index (κ3) is 6.42. The number of halogens is 2. The number of amides is 3. The lowest BCUT2D eigenvalue weighted by atomic mass is 10.1. The van der Waals surface area contributed by atoms with Gasteiger partial charge in [-0.2, -0.15) is 0 Å². The fourth-order valence-electron chi connectivity index (χ4n) is 2.73. The zero-order valence-electron chi connectivity index (χ0n) is 17.2. The van der Waals surface area contributed by atoms with Crippen LogP contribution in [0, 0.1) is 11.6 Å². The summed E-state index contributed by atoms with van der Waals surface area (Å²) in [5.41, 5.74) is 1.08. The molecule has 3 N–H and O–H groups in total. The normalized spacial score (nSPS) is 14.4. The minimum atomic E-state index is -1.23. The Morgan fingerprint density at radius 3 is 2.53 bits per heavy atom. The Balaban J connectivity index is 1.65. The van der Waals surface area contributed by atoms with E-state index in [1.165, 1.54) is 12.1 Å². The zero-order chi connectivity index (χ0) is 24.8. The zero-order valence-corrected chi connectivity index (χ0v) is 18.8. The van der Waals surface area contributed by atoms with Crippen LogP contribution in [0.15, 0.2) is 41.3 Å². The summed E-state index contributed by atoms with van der Waals surface area (Å²) < 4.78 is 26.9. The van der Waals surface area contributed by atoms with Gasteiger partial charge in [-0.3, -0.25) is 24.1 Å². The minimum absolute atomic E-state index is 0.124. The number of carboxylic acid groups (broad SMARTS) is 1. The number of carboxylic acids is 1. The molecule has 3 rings (SSSR count). The lowest BCUT2D eigenvalue weighted by molar-refractivity contribution is -0.138. The van der Waals surface area contributed by atoms with Crippen molar-refractivity contribution in [1.29, 1.82) is 0 Å². The molecule has 1 aliphatic heterocycles. The van der Waals surface area contributed by atoms with Crippen molar-refractivity contribution in [2.75, 3.05) is 19.6 Å². The van der Waals surface area contributed by atoms with Crippen LogP contribution in [0.4, 0.5) is 8.78 Å². The molecule has 0 radical (unpaired) electrons. The van der Waals surface area contributed by atoms with Crippen LogP contribution < -0.4 is 10.6 Å². The number of hydrogen-bond acceptors (Lipinski definition) is 7. The van der Waals surface area contributed by atoms with E-state index in [1.54, 1.807) is 18.2 Å². The van der Waals surface area contributed by atoms with Gasteiger partial charge in [-0.1, -0.05) is 30.0 Å². The lowest BCUT2D eigenvalue weighted by Gasteiger charge is -2.14. The summed E-state index contributed by atoms with van der Waals surface area (Å²) in [6, 6.07) is 8.24. The van der Waals surface area contributed by atoms with E-state index in [4.69, 9.17) is 17.3 Å². The minimum Gasteiger partial charge on any atom is -0.480 e. The van der Waals surface area contributed by atoms with Crippen molar-refractivity contribution in [3.8, 4) is 11.3 Å². The Kier molecular flexibility index (Phi) is 8.02. The standard InChI is InChI=1S/C21H16F2N4O5S2/c22-13-5-4-11(6-14(13)23)15-3-1-2-12(26-15)7-16-20(32)27(21(33)34-16)10-18(29)24-8-17(28)25-9-19(30)31/h1-7H,8-10H2,(H,24,29)(H,25,28)(H,30,31)/b16-7-. The Bertz CT molecular complexity index is 1220. The second-order valence-corrected chi connectivity index (χ2v) is 8.47. The van der Waals surface area contributed by atoms with Gasteiger partial charge in [-0.25, -0.2) is 13.8 Å². The number of benzene rings is 1. The van der Waals surface area contributed by atoms with Crippen molar-refractivity contribution in [2.24, 2.45) is 0 Å². The van der Waals surface area contributed by atoms with Gasteiger partial charge in [0, 0.05) is 5.56 Å². The molecule has 1 saturated heterocycles. The van der Waals surface area contributed by atoms with Crippen molar-refractivity contribution >= 4 is 58.1 Å². The molecule has 3 amide bonds. The van der Waals surface area contributed by atoms with Gasteiger partial charge in [0.2, 0.25) is 11.8 Å². The molecule has 0 aliphatic carbocycles. The number of thioether (sulfide) groups is 1. The molecular weight excluding hydrogens is 490 g/mol. The smallest absolute Gasteiger partial charge is 0.322 e. The number of nitrogens with zero attached hydrogens (tertiary/aromatic N) is 2. The Morgan fingerprint density at radius 2 is 1.82 bits per heavy atom. The van der Waals surface area contributed by atoms with E-state index < -0.39 is 55.0 Å². The number of rotatable bonds is 8. The number of hydrogen-bond donors (Lipinski definition) is 3. The molecule has 1 aromatic carbocycles. The highest BCUT2D eigenvalue weighted by Gasteiger charge is 2.33. The first-order chi connectivity index (χ1) is 16.1. The summed E-state index contributed by atoms with van der Waals surface area (Å²) in [4.78, 5) is 52.3. The predicted molar refractivity (Wildman–Crippen MR) is 123 cm³/mol. The number of thiocarbonyl (C=S) groups is 1. The van der Waals surface area contributed by atoms with Crippen molar-refractivity contribution in [3.63, 3.8) is 0 Å². The van der Waals surface area contributed by atoms with Gasteiger partial charge in [0.25, 0.3) is 5.91 Å². The highest BCUT2D eigenvalue weighted by atomic mass is 32.2.